The van der Waals surface area contributed by atoms with Crippen LogP contribution in [-0.2, 0) is 4.74 Å². The Morgan fingerprint density at radius 3 is 3.28 bits per heavy atom. The van der Waals surface area contributed by atoms with Crippen LogP contribution in [0.25, 0.3) is 0 Å². The molecular weight excluding hydrogens is 236 g/mol. The highest BCUT2D eigenvalue weighted by Gasteiger charge is 2.24. The summed E-state index contributed by atoms with van der Waals surface area (Å²) in [6.07, 6.45) is 1.21. The average Bonchev–Trinajstić information content (AvgIpc) is 2.46. The first-order chi connectivity index (χ1) is 8.74. The topological polar surface area (TPSA) is 101 Å². The van der Waals surface area contributed by atoms with Crippen molar-refractivity contribution < 1.29 is 14.6 Å². The summed E-state index contributed by atoms with van der Waals surface area (Å²) in [5.74, 6) is 5.57. The van der Waals surface area contributed by atoms with Crippen molar-refractivity contribution in [3.63, 3.8) is 0 Å². The fourth-order valence-electron chi connectivity index (χ4n) is 1.84. The van der Waals surface area contributed by atoms with Crippen LogP contribution in [0.1, 0.15) is 10.4 Å². The van der Waals surface area contributed by atoms with Gasteiger partial charge in [0.1, 0.15) is 5.82 Å². The second-order valence-corrected chi connectivity index (χ2v) is 4.00. The number of amides is 1. The molecule has 0 radical (unpaired) electrons. The molecule has 1 amide bonds. The van der Waals surface area contributed by atoms with E-state index in [-0.39, 0.29) is 18.6 Å². The van der Waals surface area contributed by atoms with Gasteiger partial charge in [0.05, 0.1) is 19.3 Å². The third kappa shape index (κ3) is 2.76. The molecule has 2 rings (SSSR count). The first kappa shape index (κ1) is 12.7. The van der Waals surface area contributed by atoms with E-state index >= 15 is 0 Å². The number of hydrazine groups is 1. The highest BCUT2D eigenvalue weighted by Crippen LogP contribution is 2.12. The van der Waals surface area contributed by atoms with Gasteiger partial charge < -0.3 is 20.2 Å². The van der Waals surface area contributed by atoms with Gasteiger partial charge in [-0.15, -0.1) is 0 Å². The van der Waals surface area contributed by atoms with Gasteiger partial charge in [-0.25, -0.2) is 10.8 Å². The molecule has 1 saturated heterocycles. The number of hydrogen-bond acceptors (Lipinski definition) is 6. The molecule has 1 atom stereocenters. The van der Waals surface area contributed by atoms with E-state index < -0.39 is 0 Å². The van der Waals surface area contributed by atoms with Gasteiger partial charge in [-0.3, -0.25) is 4.79 Å². The number of ether oxygens (including phenoxy) is 1. The molecule has 7 heteroatoms. The Morgan fingerprint density at radius 1 is 1.72 bits per heavy atom. The zero-order chi connectivity index (χ0) is 13.0. The van der Waals surface area contributed by atoms with Crippen LogP contribution in [-0.4, -0.2) is 53.3 Å². The number of nitrogens with zero attached hydrogens (tertiary/aromatic N) is 2. The number of nitrogen functional groups attached to an aromatic ring is 1. The number of nitrogens with one attached hydrogen (secondary N) is 1. The highest BCUT2D eigenvalue weighted by atomic mass is 16.5. The van der Waals surface area contributed by atoms with E-state index in [2.05, 4.69) is 10.4 Å². The van der Waals surface area contributed by atoms with Crippen LogP contribution in [0.15, 0.2) is 18.3 Å². The molecular formula is C11H16N4O3. The lowest BCUT2D eigenvalue weighted by Crippen LogP contribution is -2.46. The molecule has 98 valence electrons. The van der Waals surface area contributed by atoms with Gasteiger partial charge in [0.2, 0.25) is 0 Å². The van der Waals surface area contributed by atoms with Crippen LogP contribution in [0.2, 0.25) is 0 Å². The van der Waals surface area contributed by atoms with Crippen molar-refractivity contribution in [3.8, 4) is 0 Å². The minimum Gasteiger partial charge on any atom is -0.394 e. The summed E-state index contributed by atoms with van der Waals surface area (Å²) >= 11 is 0. The third-order valence-corrected chi connectivity index (χ3v) is 2.78. The van der Waals surface area contributed by atoms with E-state index in [9.17, 15) is 4.79 Å². The lowest BCUT2D eigenvalue weighted by Gasteiger charge is -2.32. The van der Waals surface area contributed by atoms with Gasteiger partial charge in [0.15, 0.2) is 0 Å². The summed E-state index contributed by atoms with van der Waals surface area (Å²) < 4.78 is 5.30. The Balaban J connectivity index is 2.10. The molecule has 4 N–H and O–H groups in total. The Bertz CT molecular complexity index is 427. The summed E-state index contributed by atoms with van der Waals surface area (Å²) in [4.78, 5) is 17.8. The number of nitrogens with two attached hydrogens (primary N) is 1. The molecule has 1 aromatic rings. The molecule has 2 heterocycles. The average molecular weight is 252 g/mol. The SMILES string of the molecule is NNc1cc(C(=O)N2CCOC(CO)C2)ccn1. The second kappa shape index (κ2) is 5.76. The van der Waals surface area contributed by atoms with Gasteiger partial charge in [0.25, 0.3) is 5.91 Å². The molecule has 1 fully saturated rings. The van der Waals surface area contributed by atoms with E-state index in [1.165, 1.54) is 6.20 Å². The number of anilines is 1. The Hall–Kier alpha value is -1.70. The number of rotatable bonds is 3. The van der Waals surface area contributed by atoms with Crippen molar-refractivity contribution in [2.24, 2.45) is 5.84 Å². The minimum atomic E-state index is -0.309. The van der Waals surface area contributed by atoms with E-state index in [0.29, 0.717) is 31.1 Å². The van der Waals surface area contributed by atoms with Crippen molar-refractivity contribution in [1.29, 1.82) is 0 Å². The number of aliphatic hydroxyl groups excluding tert-OH is 1. The Morgan fingerprint density at radius 2 is 2.56 bits per heavy atom. The maximum absolute atomic E-state index is 12.2. The molecule has 1 unspecified atom stereocenters. The van der Waals surface area contributed by atoms with Crippen molar-refractivity contribution in [2.75, 3.05) is 31.7 Å². The highest BCUT2D eigenvalue weighted by molar-refractivity contribution is 5.94. The molecule has 0 aromatic carbocycles. The molecule has 7 nitrogen and oxygen atoms in total. The van der Waals surface area contributed by atoms with Gasteiger partial charge in [-0.2, -0.15) is 0 Å². The molecule has 0 bridgehead atoms. The summed E-state index contributed by atoms with van der Waals surface area (Å²) in [7, 11) is 0. The zero-order valence-electron chi connectivity index (χ0n) is 9.87. The molecule has 0 spiro atoms. The van der Waals surface area contributed by atoms with Gasteiger partial charge in [-0.05, 0) is 12.1 Å². The number of aliphatic hydroxyl groups is 1. The molecule has 0 saturated carbocycles. The number of carbonyl (C=O) groups excluding carboxylic acids is 1. The predicted molar refractivity (Wildman–Crippen MR) is 64.8 cm³/mol. The van der Waals surface area contributed by atoms with Gasteiger partial charge in [0, 0.05) is 24.8 Å². The van der Waals surface area contributed by atoms with Crippen LogP contribution >= 0.6 is 0 Å². The third-order valence-electron chi connectivity index (χ3n) is 2.78. The van der Waals surface area contributed by atoms with E-state index in [1.807, 2.05) is 0 Å². The Labute approximate surface area is 105 Å². The van der Waals surface area contributed by atoms with Crippen molar-refractivity contribution in [3.05, 3.63) is 23.9 Å². The maximum atomic E-state index is 12.2. The van der Waals surface area contributed by atoms with Crippen LogP contribution in [0, 0.1) is 0 Å². The smallest absolute Gasteiger partial charge is 0.254 e. The number of morpholine rings is 1. The molecule has 0 aliphatic carbocycles. The lowest BCUT2D eigenvalue weighted by atomic mass is 10.2. The fraction of sp³-hybridized carbons (Fsp3) is 0.455. The van der Waals surface area contributed by atoms with Crippen LogP contribution in [0.5, 0.6) is 0 Å². The first-order valence-corrected chi connectivity index (χ1v) is 5.69. The Kier molecular flexibility index (Phi) is 4.08. The standard InChI is InChI=1S/C11H16N4O3/c12-14-10-5-8(1-2-13-10)11(17)15-3-4-18-9(6-15)7-16/h1-2,5,9,16H,3-4,6-7,12H2,(H,13,14). The van der Waals surface area contributed by atoms with Crippen molar-refractivity contribution >= 4 is 11.7 Å². The number of hydrogen-bond donors (Lipinski definition) is 3. The number of pyridine rings is 1. The van der Waals surface area contributed by atoms with E-state index in [4.69, 9.17) is 15.7 Å². The van der Waals surface area contributed by atoms with E-state index in [1.54, 1.807) is 17.0 Å². The second-order valence-electron chi connectivity index (χ2n) is 4.00. The predicted octanol–water partition coefficient (Wildman–Crippen LogP) is -0.799. The largest absolute Gasteiger partial charge is 0.394 e. The number of aromatic nitrogens is 1. The van der Waals surface area contributed by atoms with Crippen LogP contribution < -0.4 is 11.3 Å². The molecule has 1 aliphatic heterocycles. The first-order valence-electron chi connectivity index (χ1n) is 5.69. The number of carbonyl (C=O) groups is 1. The normalized spacial score (nSPS) is 19.7. The van der Waals surface area contributed by atoms with Crippen LogP contribution in [0.4, 0.5) is 5.82 Å². The fourth-order valence-corrected chi connectivity index (χ4v) is 1.84. The quantitative estimate of drug-likeness (QED) is 0.481. The summed E-state index contributed by atoms with van der Waals surface area (Å²) in [6, 6.07) is 3.22. The lowest BCUT2D eigenvalue weighted by molar-refractivity contribution is -0.0447. The van der Waals surface area contributed by atoms with Crippen LogP contribution in [0.3, 0.4) is 0 Å². The van der Waals surface area contributed by atoms with Gasteiger partial charge >= 0.3 is 0 Å². The molecule has 1 aliphatic rings. The summed E-state index contributed by atoms with van der Waals surface area (Å²) in [6.45, 7) is 1.26. The zero-order valence-corrected chi connectivity index (χ0v) is 9.87. The molecule has 1 aromatic heterocycles. The monoisotopic (exact) mass is 252 g/mol. The molecule has 18 heavy (non-hydrogen) atoms. The summed E-state index contributed by atoms with van der Waals surface area (Å²) in [5.41, 5.74) is 2.91. The minimum absolute atomic E-state index is 0.0876. The van der Waals surface area contributed by atoms with Gasteiger partial charge in [-0.1, -0.05) is 0 Å². The van der Waals surface area contributed by atoms with Crippen molar-refractivity contribution in [2.45, 2.75) is 6.10 Å². The maximum Gasteiger partial charge on any atom is 0.254 e. The van der Waals surface area contributed by atoms with Crippen molar-refractivity contribution in [1.82, 2.24) is 9.88 Å². The summed E-state index contributed by atoms with van der Waals surface area (Å²) in [5, 5.41) is 9.04. The van der Waals surface area contributed by atoms with E-state index in [0.717, 1.165) is 0 Å².